The molecular weight excluding hydrogens is 337 g/mol. The average Bonchev–Trinajstić information content (AvgIpc) is 2.88. The van der Waals surface area contributed by atoms with Crippen LogP contribution < -0.4 is 0 Å². The standard InChI is InChI=1S/C16H11F3N4O2/c17-16(18,19)10-5-1-2-6-11(10)21-22-15-12(9-14(24)25)20-13-7-3-4-8-23(13)15/h1-8H,9H2,(H,24,25). The quantitative estimate of drug-likeness (QED) is 0.710. The van der Waals surface area contributed by atoms with Gasteiger partial charge in [0.1, 0.15) is 5.65 Å². The lowest BCUT2D eigenvalue weighted by Crippen LogP contribution is -2.04. The fourth-order valence-electron chi connectivity index (χ4n) is 2.30. The van der Waals surface area contributed by atoms with E-state index in [9.17, 15) is 18.0 Å². The molecule has 25 heavy (non-hydrogen) atoms. The highest BCUT2D eigenvalue weighted by atomic mass is 19.4. The molecule has 0 saturated heterocycles. The van der Waals surface area contributed by atoms with Gasteiger partial charge in [-0.05, 0) is 24.3 Å². The molecular formula is C16H11F3N4O2. The van der Waals surface area contributed by atoms with Crippen molar-refractivity contribution >= 4 is 23.1 Å². The molecule has 1 aromatic carbocycles. The van der Waals surface area contributed by atoms with E-state index in [4.69, 9.17) is 5.11 Å². The number of benzene rings is 1. The first kappa shape index (κ1) is 16.6. The van der Waals surface area contributed by atoms with Crippen molar-refractivity contribution in [3.63, 3.8) is 0 Å². The fraction of sp³-hybridized carbons (Fsp3) is 0.125. The normalized spacial score (nSPS) is 12.1. The number of pyridine rings is 1. The first-order chi connectivity index (χ1) is 11.9. The number of carboxylic acids is 1. The van der Waals surface area contributed by atoms with Gasteiger partial charge in [0.15, 0.2) is 5.82 Å². The summed E-state index contributed by atoms with van der Waals surface area (Å²) in [5.74, 6) is -1.05. The largest absolute Gasteiger partial charge is 0.481 e. The third kappa shape index (κ3) is 3.49. The Balaban J connectivity index is 2.09. The Morgan fingerprint density at radius 3 is 2.56 bits per heavy atom. The van der Waals surface area contributed by atoms with Crippen molar-refractivity contribution in [3.8, 4) is 0 Å². The molecule has 0 unspecified atom stereocenters. The van der Waals surface area contributed by atoms with Crippen molar-refractivity contribution in [2.45, 2.75) is 12.6 Å². The molecule has 2 heterocycles. The number of halogens is 3. The smallest absolute Gasteiger partial charge is 0.418 e. The maximum absolute atomic E-state index is 13.0. The molecule has 128 valence electrons. The number of alkyl halides is 3. The van der Waals surface area contributed by atoms with Gasteiger partial charge in [-0.3, -0.25) is 9.20 Å². The Labute approximate surface area is 139 Å². The number of carbonyl (C=O) groups is 1. The lowest BCUT2D eigenvalue weighted by atomic mass is 10.2. The van der Waals surface area contributed by atoms with Gasteiger partial charge in [0.25, 0.3) is 0 Å². The van der Waals surface area contributed by atoms with Crippen LogP contribution in [0.15, 0.2) is 58.9 Å². The second-order valence-corrected chi connectivity index (χ2v) is 5.10. The van der Waals surface area contributed by atoms with E-state index in [2.05, 4.69) is 15.2 Å². The molecule has 0 amide bonds. The molecule has 0 aliphatic heterocycles. The molecule has 3 rings (SSSR count). The third-order valence-corrected chi connectivity index (χ3v) is 3.35. The number of rotatable bonds is 4. The van der Waals surface area contributed by atoms with Crippen LogP contribution in [0.5, 0.6) is 0 Å². The summed E-state index contributed by atoms with van der Waals surface area (Å²) in [6.07, 6.45) is -3.41. The highest BCUT2D eigenvalue weighted by molar-refractivity contribution is 5.72. The highest BCUT2D eigenvalue weighted by Gasteiger charge is 2.33. The van der Waals surface area contributed by atoms with Crippen LogP contribution in [-0.2, 0) is 17.4 Å². The molecule has 0 saturated carbocycles. The number of imidazole rings is 1. The number of azo groups is 1. The summed E-state index contributed by atoms with van der Waals surface area (Å²) < 4.78 is 40.5. The van der Waals surface area contributed by atoms with Gasteiger partial charge < -0.3 is 5.11 Å². The molecule has 3 aromatic rings. The number of hydrogen-bond donors (Lipinski definition) is 1. The van der Waals surface area contributed by atoms with Gasteiger partial charge in [-0.15, -0.1) is 10.2 Å². The minimum atomic E-state index is -4.57. The Morgan fingerprint density at radius 2 is 1.84 bits per heavy atom. The number of aliphatic carboxylic acids is 1. The molecule has 9 heteroatoms. The molecule has 0 fully saturated rings. The molecule has 0 aliphatic carbocycles. The predicted molar refractivity (Wildman–Crippen MR) is 82.2 cm³/mol. The summed E-state index contributed by atoms with van der Waals surface area (Å²) in [7, 11) is 0. The lowest BCUT2D eigenvalue weighted by molar-refractivity contribution is -0.137. The van der Waals surface area contributed by atoms with Crippen molar-refractivity contribution in [3.05, 3.63) is 59.9 Å². The molecule has 2 aromatic heterocycles. The van der Waals surface area contributed by atoms with Gasteiger partial charge in [-0.1, -0.05) is 18.2 Å². The first-order valence-corrected chi connectivity index (χ1v) is 7.12. The van der Waals surface area contributed by atoms with Crippen LogP contribution in [0.2, 0.25) is 0 Å². The minimum absolute atomic E-state index is 0.0787. The second-order valence-electron chi connectivity index (χ2n) is 5.10. The molecule has 0 bridgehead atoms. The van der Waals surface area contributed by atoms with Gasteiger partial charge in [-0.2, -0.15) is 13.2 Å². The van der Waals surface area contributed by atoms with Crippen LogP contribution in [0.25, 0.3) is 5.65 Å². The Morgan fingerprint density at radius 1 is 1.12 bits per heavy atom. The molecule has 6 nitrogen and oxygen atoms in total. The summed E-state index contributed by atoms with van der Waals surface area (Å²) in [4.78, 5) is 15.1. The van der Waals surface area contributed by atoms with E-state index >= 15 is 0 Å². The van der Waals surface area contributed by atoms with Crippen LogP contribution in [0, 0.1) is 0 Å². The molecule has 1 N–H and O–H groups in total. The van der Waals surface area contributed by atoms with Crippen LogP contribution in [0.1, 0.15) is 11.3 Å². The fourth-order valence-corrected chi connectivity index (χ4v) is 2.30. The number of fused-ring (bicyclic) bond motifs is 1. The Bertz CT molecular complexity index is 963. The van der Waals surface area contributed by atoms with Crippen molar-refractivity contribution in [2.75, 3.05) is 0 Å². The van der Waals surface area contributed by atoms with E-state index in [-0.39, 0.29) is 17.2 Å². The summed E-state index contributed by atoms with van der Waals surface area (Å²) in [5, 5.41) is 16.5. The highest BCUT2D eigenvalue weighted by Crippen LogP contribution is 2.37. The molecule has 0 aliphatic rings. The van der Waals surface area contributed by atoms with E-state index in [0.717, 1.165) is 6.07 Å². The van der Waals surface area contributed by atoms with Crippen molar-refractivity contribution < 1.29 is 23.1 Å². The van der Waals surface area contributed by atoms with Gasteiger partial charge in [0, 0.05) is 6.20 Å². The topological polar surface area (TPSA) is 79.3 Å². The zero-order valence-electron chi connectivity index (χ0n) is 12.6. The van der Waals surface area contributed by atoms with Crippen molar-refractivity contribution in [2.24, 2.45) is 10.2 Å². The summed E-state index contributed by atoms with van der Waals surface area (Å²) in [6, 6.07) is 9.76. The predicted octanol–water partition coefficient (Wildman–Crippen LogP) is 4.40. The maximum Gasteiger partial charge on any atom is 0.418 e. The lowest BCUT2D eigenvalue weighted by Gasteiger charge is -2.08. The van der Waals surface area contributed by atoms with E-state index in [0.29, 0.717) is 5.65 Å². The molecule has 0 spiro atoms. The number of hydrogen-bond acceptors (Lipinski definition) is 4. The van der Waals surface area contributed by atoms with Gasteiger partial charge in [-0.25, -0.2) is 4.98 Å². The first-order valence-electron chi connectivity index (χ1n) is 7.12. The van der Waals surface area contributed by atoms with Crippen LogP contribution in [-0.4, -0.2) is 20.5 Å². The Kier molecular flexibility index (Phi) is 4.22. The van der Waals surface area contributed by atoms with Crippen LogP contribution in [0.4, 0.5) is 24.7 Å². The van der Waals surface area contributed by atoms with Gasteiger partial charge in [0.05, 0.1) is 23.4 Å². The van der Waals surface area contributed by atoms with E-state index in [1.165, 1.54) is 22.6 Å². The summed E-state index contributed by atoms with van der Waals surface area (Å²) in [5.41, 5.74) is -0.738. The SMILES string of the molecule is O=C(O)Cc1nc2ccccn2c1N=Nc1ccccc1C(F)(F)F. The monoisotopic (exact) mass is 348 g/mol. The zero-order valence-corrected chi connectivity index (χ0v) is 12.6. The number of nitrogens with zero attached hydrogens (tertiary/aromatic N) is 4. The number of aromatic nitrogens is 2. The summed E-state index contributed by atoms with van der Waals surface area (Å²) in [6.45, 7) is 0. The van der Waals surface area contributed by atoms with Gasteiger partial charge >= 0.3 is 12.1 Å². The zero-order chi connectivity index (χ0) is 18.0. The second kappa shape index (κ2) is 6.34. The van der Waals surface area contributed by atoms with Crippen LogP contribution in [0.3, 0.4) is 0 Å². The van der Waals surface area contributed by atoms with Crippen LogP contribution >= 0.6 is 0 Å². The molecule has 0 atom stereocenters. The van der Waals surface area contributed by atoms with E-state index in [1.54, 1.807) is 24.4 Å². The molecule has 0 radical (unpaired) electrons. The van der Waals surface area contributed by atoms with E-state index in [1.807, 2.05) is 0 Å². The maximum atomic E-state index is 13.0. The third-order valence-electron chi connectivity index (χ3n) is 3.35. The Hall–Kier alpha value is -3.23. The van der Waals surface area contributed by atoms with Crippen molar-refractivity contribution in [1.82, 2.24) is 9.38 Å². The minimum Gasteiger partial charge on any atom is -0.481 e. The summed E-state index contributed by atoms with van der Waals surface area (Å²) >= 11 is 0. The van der Waals surface area contributed by atoms with Gasteiger partial charge in [0.2, 0.25) is 0 Å². The number of carboxylic acid groups (broad SMARTS) is 1. The average molecular weight is 348 g/mol. The van der Waals surface area contributed by atoms with E-state index < -0.39 is 24.1 Å². The van der Waals surface area contributed by atoms with Crippen molar-refractivity contribution in [1.29, 1.82) is 0 Å².